The van der Waals surface area contributed by atoms with Crippen LogP contribution >= 0.6 is 0 Å². The maximum absolute atomic E-state index is 10.8. The molecule has 0 radical (unpaired) electrons. The molecule has 1 aromatic heterocycles. The fourth-order valence-corrected chi connectivity index (χ4v) is 1.55. The molecule has 5 heteroatoms. The zero-order valence-electron chi connectivity index (χ0n) is 10.7. The highest BCUT2D eigenvalue weighted by Crippen LogP contribution is 2.19. The molecule has 0 aliphatic heterocycles. The summed E-state index contributed by atoms with van der Waals surface area (Å²) in [6.45, 7) is 3.27. The molecule has 98 valence electrons. The normalized spacial score (nSPS) is 11.9. The van der Waals surface area contributed by atoms with E-state index in [4.69, 9.17) is 9.84 Å². The molecule has 1 N–H and O–H groups in total. The summed E-state index contributed by atoms with van der Waals surface area (Å²) in [5.41, 5.74) is 1.58. The highest BCUT2D eigenvalue weighted by molar-refractivity contribution is 5.72. The van der Waals surface area contributed by atoms with E-state index in [0.29, 0.717) is 5.82 Å². The van der Waals surface area contributed by atoms with Gasteiger partial charge in [-0.15, -0.1) is 0 Å². The molecule has 0 saturated heterocycles. The molecule has 2 rings (SSSR count). The van der Waals surface area contributed by atoms with Crippen molar-refractivity contribution in [3.8, 4) is 17.3 Å². The molecule has 1 heterocycles. The van der Waals surface area contributed by atoms with Crippen LogP contribution in [0.1, 0.15) is 12.6 Å². The Bertz CT molecular complexity index is 584. The molecule has 0 aliphatic rings. The quantitative estimate of drug-likeness (QED) is 0.911. The lowest BCUT2D eigenvalue weighted by Gasteiger charge is -2.11. The summed E-state index contributed by atoms with van der Waals surface area (Å²) < 4.78 is 5.27. The predicted molar refractivity (Wildman–Crippen MR) is 69.9 cm³/mol. The number of carbonyl (C=O) groups is 1. The minimum absolute atomic E-state index is 0.265. The zero-order valence-corrected chi connectivity index (χ0v) is 10.7. The smallest absolute Gasteiger partial charge is 0.344 e. The van der Waals surface area contributed by atoms with E-state index in [0.717, 1.165) is 11.3 Å². The van der Waals surface area contributed by atoms with Gasteiger partial charge in [-0.3, -0.25) is 0 Å². The number of aromatic nitrogens is 2. The van der Waals surface area contributed by atoms with Crippen LogP contribution in [0, 0.1) is 6.92 Å². The van der Waals surface area contributed by atoms with E-state index >= 15 is 0 Å². The van der Waals surface area contributed by atoms with Crippen molar-refractivity contribution >= 4 is 5.97 Å². The number of aryl methyl sites for hydroxylation is 1. The van der Waals surface area contributed by atoms with Gasteiger partial charge in [0.25, 0.3) is 0 Å². The van der Waals surface area contributed by atoms with E-state index in [1.54, 1.807) is 6.07 Å². The number of carboxylic acids is 1. The lowest BCUT2D eigenvalue weighted by Crippen LogP contribution is -2.23. The predicted octanol–water partition coefficient (Wildman–Crippen LogP) is 2.30. The monoisotopic (exact) mass is 258 g/mol. The van der Waals surface area contributed by atoms with Crippen LogP contribution in [0.25, 0.3) is 11.4 Å². The molecule has 0 spiro atoms. The van der Waals surface area contributed by atoms with Crippen LogP contribution in [0.2, 0.25) is 0 Å². The highest BCUT2D eigenvalue weighted by atomic mass is 16.5. The molecule has 0 bridgehead atoms. The molecule has 0 fully saturated rings. The largest absolute Gasteiger partial charge is 0.479 e. The van der Waals surface area contributed by atoms with Gasteiger partial charge in [0.05, 0.1) is 0 Å². The summed E-state index contributed by atoms with van der Waals surface area (Å²) in [6, 6.07) is 11.1. The SMILES string of the molecule is Cc1cc(O[C@H](C)C(=O)O)nc(-c2ccccc2)n1. The van der Waals surface area contributed by atoms with Crippen molar-refractivity contribution in [3.05, 3.63) is 42.1 Å². The molecule has 0 unspecified atom stereocenters. The maximum Gasteiger partial charge on any atom is 0.344 e. The second kappa shape index (κ2) is 5.48. The van der Waals surface area contributed by atoms with Crippen molar-refractivity contribution in [1.82, 2.24) is 9.97 Å². The van der Waals surface area contributed by atoms with Gasteiger partial charge in [-0.25, -0.2) is 9.78 Å². The van der Waals surface area contributed by atoms with Crippen LogP contribution in [-0.4, -0.2) is 27.1 Å². The van der Waals surface area contributed by atoms with E-state index in [2.05, 4.69) is 9.97 Å². The van der Waals surface area contributed by atoms with Gasteiger partial charge in [0, 0.05) is 17.3 Å². The molecule has 0 saturated carbocycles. The van der Waals surface area contributed by atoms with E-state index in [1.807, 2.05) is 37.3 Å². The number of rotatable bonds is 4. The van der Waals surface area contributed by atoms with Crippen molar-refractivity contribution in [2.24, 2.45) is 0 Å². The number of hydrogen-bond donors (Lipinski definition) is 1. The minimum atomic E-state index is -1.03. The summed E-state index contributed by atoms with van der Waals surface area (Å²) in [7, 11) is 0. The molecule has 0 amide bonds. The standard InChI is InChI=1S/C14H14N2O3/c1-9-8-12(19-10(2)14(17)18)16-13(15-9)11-6-4-3-5-7-11/h3-8,10H,1-2H3,(H,17,18)/t10-/m1/s1. The Hall–Kier alpha value is -2.43. The molecule has 5 nitrogen and oxygen atoms in total. The van der Waals surface area contributed by atoms with Gasteiger partial charge in [-0.2, -0.15) is 4.98 Å². The lowest BCUT2D eigenvalue weighted by atomic mass is 10.2. The Balaban J connectivity index is 2.32. The Morgan fingerprint density at radius 3 is 2.58 bits per heavy atom. The highest BCUT2D eigenvalue weighted by Gasteiger charge is 2.14. The molecule has 2 aromatic rings. The fraction of sp³-hybridized carbons (Fsp3) is 0.214. The average Bonchev–Trinajstić information content (AvgIpc) is 2.39. The van der Waals surface area contributed by atoms with Crippen LogP contribution in [0.5, 0.6) is 5.88 Å². The van der Waals surface area contributed by atoms with Crippen LogP contribution < -0.4 is 4.74 Å². The van der Waals surface area contributed by atoms with Crippen LogP contribution in [-0.2, 0) is 4.79 Å². The third kappa shape index (κ3) is 3.28. The van der Waals surface area contributed by atoms with Gasteiger partial charge in [0.2, 0.25) is 5.88 Å². The summed E-state index contributed by atoms with van der Waals surface area (Å²) in [5.74, 6) is -0.244. The summed E-state index contributed by atoms with van der Waals surface area (Å²) in [4.78, 5) is 19.3. The van der Waals surface area contributed by atoms with Crippen LogP contribution in [0.15, 0.2) is 36.4 Å². The van der Waals surface area contributed by atoms with E-state index < -0.39 is 12.1 Å². The van der Waals surface area contributed by atoms with Gasteiger partial charge in [-0.1, -0.05) is 30.3 Å². The van der Waals surface area contributed by atoms with Crippen molar-refractivity contribution in [2.45, 2.75) is 20.0 Å². The van der Waals surface area contributed by atoms with Crippen LogP contribution in [0.3, 0.4) is 0 Å². The molecule has 0 aliphatic carbocycles. The fourth-order valence-electron chi connectivity index (χ4n) is 1.55. The summed E-state index contributed by atoms with van der Waals surface area (Å²) >= 11 is 0. The Morgan fingerprint density at radius 2 is 1.95 bits per heavy atom. The second-order valence-electron chi connectivity index (χ2n) is 4.14. The Morgan fingerprint density at radius 1 is 1.26 bits per heavy atom. The van der Waals surface area contributed by atoms with Crippen molar-refractivity contribution in [3.63, 3.8) is 0 Å². The third-order valence-electron chi connectivity index (χ3n) is 2.51. The summed E-state index contributed by atoms with van der Waals surface area (Å²) in [5, 5.41) is 8.83. The second-order valence-corrected chi connectivity index (χ2v) is 4.14. The van der Waals surface area contributed by atoms with E-state index in [-0.39, 0.29) is 5.88 Å². The molecule has 1 atom stereocenters. The number of hydrogen-bond acceptors (Lipinski definition) is 4. The number of carboxylic acid groups (broad SMARTS) is 1. The number of benzene rings is 1. The van der Waals surface area contributed by atoms with Gasteiger partial charge in [0.1, 0.15) is 0 Å². The molecular weight excluding hydrogens is 244 g/mol. The molecule has 1 aromatic carbocycles. The van der Waals surface area contributed by atoms with E-state index in [1.165, 1.54) is 6.92 Å². The van der Waals surface area contributed by atoms with Crippen molar-refractivity contribution < 1.29 is 14.6 Å². The van der Waals surface area contributed by atoms with Gasteiger partial charge in [0.15, 0.2) is 11.9 Å². The van der Waals surface area contributed by atoms with Crippen LogP contribution in [0.4, 0.5) is 0 Å². The first-order valence-corrected chi connectivity index (χ1v) is 5.87. The van der Waals surface area contributed by atoms with Gasteiger partial charge < -0.3 is 9.84 Å². The van der Waals surface area contributed by atoms with Crippen molar-refractivity contribution in [2.75, 3.05) is 0 Å². The van der Waals surface area contributed by atoms with Gasteiger partial charge >= 0.3 is 5.97 Å². The first-order chi connectivity index (χ1) is 9.06. The zero-order chi connectivity index (χ0) is 13.8. The van der Waals surface area contributed by atoms with E-state index in [9.17, 15) is 4.79 Å². The van der Waals surface area contributed by atoms with Gasteiger partial charge in [-0.05, 0) is 13.8 Å². The Kier molecular flexibility index (Phi) is 3.75. The lowest BCUT2D eigenvalue weighted by molar-refractivity contribution is -0.144. The number of ether oxygens (including phenoxy) is 1. The number of aliphatic carboxylic acids is 1. The first kappa shape index (κ1) is 13.0. The first-order valence-electron chi connectivity index (χ1n) is 5.87. The average molecular weight is 258 g/mol. The summed E-state index contributed by atoms with van der Waals surface area (Å²) in [6.07, 6.45) is -0.946. The minimum Gasteiger partial charge on any atom is -0.479 e. The molecule has 19 heavy (non-hydrogen) atoms. The number of nitrogens with zero attached hydrogens (tertiary/aromatic N) is 2. The molecular formula is C14H14N2O3. The Labute approximate surface area is 110 Å². The maximum atomic E-state index is 10.8. The van der Waals surface area contributed by atoms with Crippen molar-refractivity contribution in [1.29, 1.82) is 0 Å². The third-order valence-corrected chi connectivity index (χ3v) is 2.51. The topological polar surface area (TPSA) is 72.3 Å².